The summed E-state index contributed by atoms with van der Waals surface area (Å²) >= 11 is 0. The van der Waals surface area contributed by atoms with Crippen LogP contribution in [0.2, 0.25) is 0 Å². The van der Waals surface area contributed by atoms with Gasteiger partial charge in [0.15, 0.2) is 0 Å². The number of methoxy groups -OCH3 is 2. The van der Waals surface area contributed by atoms with Gasteiger partial charge in [-0.3, -0.25) is 9.59 Å². The zero-order valence-corrected chi connectivity index (χ0v) is 10.8. The van der Waals surface area contributed by atoms with Crippen LogP contribution in [0.3, 0.4) is 0 Å². The molecular formula is C11H21N3O4. The minimum absolute atomic E-state index is 0.0155. The summed E-state index contributed by atoms with van der Waals surface area (Å²) in [6, 6.07) is -0.276. The van der Waals surface area contributed by atoms with Crippen LogP contribution in [0, 0.1) is 0 Å². The van der Waals surface area contributed by atoms with E-state index in [0.29, 0.717) is 26.1 Å². The SMILES string of the molecule is COCCNC(=O)CNC(=O)C1CC(OC)CN1. The van der Waals surface area contributed by atoms with E-state index in [4.69, 9.17) is 9.47 Å². The Morgan fingerprint density at radius 1 is 1.33 bits per heavy atom. The fraction of sp³-hybridized carbons (Fsp3) is 0.818. The largest absolute Gasteiger partial charge is 0.383 e. The lowest BCUT2D eigenvalue weighted by atomic mass is 10.2. The average Bonchev–Trinajstić information content (AvgIpc) is 2.85. The Morgan fingerprint density at radius 3 is 2.72 bits per heavy atom. The van der Waals surface area contributed by atoms with Crippen molar-refractivity contribution in [2.45, 2.75) is 18.6 Å². The number of carbonyl (C=O) groups excluding carboxylic acids is 2. The maximum atomic E-state index is 11.7. The molecule has 1 fully saturated rings. The third-order valence-corrected chi connectivity index (χ3v) is 2.79. The van der Waals surface area contributed by atoms with Crippen LogP contribution in [0.4, 0.5) is 0 Å². The monoisotopic (exact) mass is 259 g/mol. The summed E-state index contributed by atoms with van der Waals surface area (Å²) in [6.07, 6.45) is 0.699. The van der Waals surface area contributed by atoms with E-state index in [2.05, 4.69) is 16.0 Å². The highest BCUT2D eigenvalue weighted by atomic mass is 16.5. The van der Waals surface area contributed by atoms with Gasteiger partial charge < -0.3 is 25.4 Å². The molecule has 18 heavy (non-hydrogen) atoms. The summed E-state index contributed by atoms with van der Waals surface area (Å²) < 4.78 is 9.94. The second kappa shape index (κ2) is 8.02. The number of ether oxygens (including phenoxy) is 2. The van der Waals surface area contributed by atoms with Crippen LogP contribution in [-0.2, 0) is 19.1 Å². The molecule has 0 aromatic rings. The maximum absolute atomic E-state index is 11.7. The van der Waals surface area contributed by atoms with Gasteiger partial charge in [-0.25, -0.2) is 0 Å². The van der Waals surface area contributed by atoms with Gasteiger partial charge in [0.25, 0.3) is 0 Å². The van der Waals surface area contributed by atoms with Crippen molar-refractivity contribution >= 4 is 11.8 Å². The second-order valence-corrected chi connectivity index (χ2v) is 4.11. The molecule has 1 heterocycles. The molecule has 1 aliphatic rings. The molecule has 7 nitrogen and oxygen atoms in total. The van der Waals surface area contributed by atoms with E-state index in [1.54, 1.807) is 14.2 Å². The molecular weight excluding hydrogens is 238 g/mol. The molecule has 1 saturated heterocycles. The quantitative estimate of drug-likeness (QED) is 0.472. The van der Waals surface area contributed by atoms with Crippen LogP contribution in [-0.4, -0.2) is 64.4 Å². The summed E-state index contributed by atoms with van der Waals surface area (Å²) in [5.41, 5.74) is 0. The van der Waals surface area contributed by atoms with Crippen LogP contribution >= 0.6 is 0 Å². The Hall–Kier alpha value is -1.18. The van der Waals surface area contributed by atoms with E-state index in [-0.39, 0.29) is 30.5 Å². The first-order chi connectivity index (χ1) is 8.67. The Balaban J connectivity index is 2.15. The molecule has 2 amide bonds. The predicted molar refractivity (Wildman–Crippen MR) is 65.1 cm³/mol. The first kappa shape index (κ1) is 14.9. The van der Waals surface area contributed by atoms with Crippen LogP contribution < -0.4 is 16.0 Å². The molecule has 1 aliphatic heterocycles. The van der Waals surface area contributed by atoms with E-state index in [9.17, 15) is 9.59 Å². The van der Waals surface area contributed by atoms with Gasteiger partial charge in [-0.05, 0) is 6.42 Å². The maximum Gasteiger partial charge on any atom is 0.239 e. The van der Waals surface area contributed by atoms with Gasteiger partial charge in [-0.2, -0.15) is 0 Å². The molecule has 0 aromatic carbocycles. The van der Waals surface area contributed by atoms with E-state index < -0.39 is 0 Å². The van der Waals surface area contributed by atoms with Gasteiger partial charge in [0, 0.05) is 27.3 Å². The molecule has 2 unspecified atom stereocenters. The van der Waals surface area contributed by atoms with Gasteiger partial charge in [-0.1, -0.05) is 0 Å². The molecule has 7 heteroatoms. The van der Waals surface area contributed by atoms with E-state index >= 15 is 0 Å². The normalized spacial score (nSPS) is 22.8. The van der Waals surface area contributed by atoms with Gasteiger partial charge in [0.2, 0.25) is 11.8 Å². The molecule has 0 aliphatic carbocycles. The fourth-order valence-corrected chi connectivity index (χ4v) is 1.73. The van der Waals surface area contributed by atoms with Crippen molar-refractivity contribution in [2.24, 2.45) is 0 Å². The standard InChI is InChI=1S/C11H21N3O4/c1-17-4-3-12-10(15)7-14-11(16)9-5-8(18-2)6-13-9/h8-9,13H,3-7H2,1-2H3,(H,12,15)(H,14,16). The summed E-state index contributed by atoms with van der Waals surface area (Å²) in [7, 11) is 3.18. The minimum Gasteiger partial charge on any atom is -0.383 e. The van der Waals surface area contributed by atoms with Crippen LogP contribution in [0.5, 0.6) is 0 Å². The van der Waals surface area contributed by atoms with E-state index in [1.807, 2.05) is 0 Å². The highest BCUT2D eigenvalue weighted by molar-refractivity contribution is 5.87. The highest BCUT2D eigenvalue weighted by Gasteiger charge is 2.29. The van der Waals surface area contributed by atoms with Crippen molar-refractivity contribution in [3.8, 4) is 0 Å². The van der Waals surface area contributed by atoms with Crippen LogP contribution in [0.15, 0.2) is 0 Å². The van der Waals surface area contributed by atoms with Crippen molar-refractivity contribution in [3.05, 3.63) is 0 Å². The molecule has 1 rings (SSSR count). The molecule has 0 spiro atoms. The molecule has 3 N–H and O–H groups in total. The van der Waals surface area contributed by atoms with Crippen molar-refractivity contribution in [3.63, 3.8) is 0 Å². The van der Waals surface area contributed by atoms with Gasteiger partial charge >= 0.3 is 0 Å². The van der Waals surface area contributed by atoms with Crippen molar-refractivity contribution in [2.75, 3.05) is 40.5 Å². The zero-order chi connectivity index (χ0) is 13.4. The Labute approximate surface area is 107 Å². The molecule has 2 atom stereocenters. The summed E-state index contributed by atoms with van der Waals surface area (Å²) in [5, 5.41) is 8.26. The average molecular weight is 259 g/mol. The first-order valence-electron chi connectivity index (χ1n) is 5.97. The molecule has 0 saturated carbocycles. The topological polar surface area (TPSA) is 88.7 Å². The van der Waals surface area contributed by atoms with Gasteiger partial charge in [0.05, 0.1) is 25.3 Å². The lowest BCUT2D eigenvalue weighted by Gasteiger charge is -2.11. The number of amides is 2. The first-order valence-corrected chi connectivity index (χ1v) is 5.97. The molecule has 0 aromatic heterocycles. The Kier molecular flexibility index (Phi) is 6.63. The fourth-order valence-electron chi connectivity index (χ4n) is 1.73. The number of carbonyl (C=O) groups is 2. The van der Waals surface area contributed by atoms with Gasteiger partial charge in [-0.15, -0.1) is 0 Å². The van der Waals surface area contributed by atoms with Crippen molar-refractivity contribution in [1.29, 1.82) is 0 Å². The van der Waals surface area contributed by atoms with E-state index in [1.165, 1.54) is 0 Å². The lowest BCUT2D eigenvalue weighted by molar-refractivity contribution is -0.127. The van der Waals surface area contributed by atoms with E-state index in [0.717, 1.165) is 0 Å². The van der Waals surface area contributed by atoms with Crippen molar-refractivity contribution in [1.82, 2.24) is 16.0 Å². The van der Waals surface area contributed by atoms with Crippen LogP contribution in [0.1, 0.15) is 6.42 Å². The summed E-state index contributed by atoms with van der Waals surface area (Å²) in [6.45, 7) is 1.55. The summed E-state index contributed by atoms with van der Waals surface area (Å²) in [5.74, 6) is -0.391. The number of nitrogens with one attached hydrogen (secondary N) is 3. The Bertz CT molecular complexity index is 285. The molecule has 0 radical (unpaired) electrons. The minimum atomic E-state index is -0.276. The van der Waals surface area contributed by atoms with Gasteiger partial charge in [0.1, 0.15) is 0 Å². The zero-order valence-electron chi connectivity index (χ0n) is 10.8. The smallest absolute Gasteiger partial charge is 0.239 e. The van der Waals surface area contributed by atoms with Crippen molar-refractivity contribution < 1.29 is 19.1 Å². The highest BCUT2D eigenvalue weighted by Crippen LogP contribution is 2.09. The number of hydrogen-bond donors (Lipinski definition) is 3. The summed E-state index contributed by atoms with van der Waals surface area (Å²) in [4.78, 5) is 23.0. The Morgan fingerprint density at radius 2 is 2.11 bits per heavy atom. The third kappa shape index (κ3) is 4.99. The third-order valence-electron chi connectivity index (χ3n) is 2.79. The molecule has 104 valence electrons. The lowest BCUT2D eigenvalue weighted by Crippen LogP contribution is -2.45. The second-order valence-electron chi connectivity index (χ2n) is 4.11. The van der Waals surface area contributed by atoms with Crippen LogP contribution in [0.25, 0.3) is 0 Å². The predicted octanol–water partition coefficient (Wildman–Crippen LogP) is -1.76. The molecule has 0 bridgehead atoms. The number of hydrogen-bond acceptors (Lipinski definition) is 5. The number of rotatable bonds is 7.